The lowest BCUT2D eigenvalue weighted by Crippen LogP contribution is -2.57. The molecule has 30 heavy (non-hydrogen) atoms. The molecule has 0 radical (unpaired) electrons. The van der Waals surface area contributed by atoms with E-state index in [-0.39, 0.29) is 24.0 Å². The molecule has 1 aliphatic carbocycles. The van der Waals surface area contributed by atoms with Crippen LogP contribution in [0, 0.1) is 5.41 Å². The monoisotopic (exact) mass is 410 g/mol. The van der Waals surface area contributed by atoms with Gasteiger partial charge in [-0.1, -0.05) is 13.8 Å². The van der Waals surface area contributed by atoms with Crippen LogP contribution in [0.3, 0.4) is 0 Å². The maximum atomic E-state index is 13.7. The SMILES string of the molecule is COc1cc2c(cc1OC)[C@@]1(O)C(=O)c3ccc4c(c3O[C@H]1CO2)[C@@H]1[C@H](O4)C1(C)C. The lowest BCUT2D eigenvalue weighted by atomic mass is 9.76. The van der Waals surface area contributed by atoms with E-state index in [1.54, 1.807) is 24.3 Å². The van der Waals surface area contributed by atoms with E-state index in [2.05, 4.69) is 13.8 Å². The van der Waals surface area contributed by atoms with Gasteiger partial charge in [0.05, 0.1) is 19.8 Å². The van der Waals surface area contributed by atoms with Gasteiger partial charge in [-0.2, -0.15) is 0 Å². The fourth-order valence-corrected chi connectivity index (χ4v) is 5.23. The van der Waals surface area contributed by atoms with E-state index in [9.17, 15) is 9.90 Å². The van der Waals surface area contributed by atoms with E-state index in [4.69, 9.17) is 23.7 Å². The zero-order valence-corrected chi connectivity index (χ0v) is 17.1. The Labute approximate surface area is 173 Å². The highest BCUT2D eigenvalue weighted by Crippen LogP contribution is 2.69. The molecule has 4 aliphatic rings. The molecular formula is C23H22O7. The third-order valence-electron chi connectivity index (χ3n) is 7.05. The Morgan fingerprint density at radius 2 is 1.80 bits per heavy atom. The fraction of sp³-hybridized carbons (Fsp3) is 0.435. The third-order valence-corrected chi connectivity index (χ3v) is 7.05. The number of Topliss-reactive ketones (excluding diaryl/α,β-unsaturated/α-hetero) is 1. The number of fused-ring (bicyclic) bond motifs is 8. The first kappa shape index (κ1) is 17.9. The summed E-state index contributed by atoms with van der Waals surface area (Å²) in [6.45, 7) is 4.32. The van der Waals surface area contributed by atoms with Crippen LogP contribution in [-0.2, 0) is 5.60 Å². The predicted molar refractivity (Wildman–Crippen MR) is 105 cm³/mol. The van der Waals surface area contributed by atoms with Gasteiger partial charge >= 0.3 is 0 Å². The second-order valence-electron chi connectivity index (χ2n) is 8.91. The molecule has 1 fully saturated rings. The third kappa shape index (κ3) is 1.92. The van der Waals surface area contributed by atoms with Crippen molar-refractivity contribution in [3.8, 4) is 28.7 Å². The van der Waals surface area contributed by atoms with E-state index < -0.39 is 17.5 Å². The average molecular weight is 410 g/mol. The summed E-state index contributed by atoms with van der Waals surface area (Å²) in [5.74, 6) is 2.28. The first-order valence-electron chi connectivity index (χ1n) is 9.99. The topological polar surface area (TPSA) is 83.5 Å². The molecule has 2 aromatic carbocycles. The highest BCUT2D eigenvalue weighted by atomic mass is 16.6. The summed E-state index contributed by atoms with van der Waals surface area (Å²) < 4.78 is 28.9. The predicted octanol–water partition coefficient (Wildman–Crippen LogP) is 2.81. The smallest absolute Gasteiger partial charge is 0.206 e. The van der Waals surface area contributed by atoms with Crippen LogP contribution < -0.4 is 23.7 Å². The van der Waals surface area contributed by atoms with Crippen LogP contribution in [0.15, 0.2) is 24.3 Å². The lowest BCUT2D eigenvalue weighted by Gasteiger charge is -2.43. The molecule has 7 nitrogen and oxygen atoms in total. The molecule has 1 saturated carbocycles. The maximum Gasteiger partial charge on any atom is 0.206 e. The van der Waals surface area contributed by atoms with E-state index in [1.807, 2.05) is 0 Å². The molecule has 0 amide bonds. The molecule has 4 atom stereocenters. The highest BCUT2D eigenvalue weighted by molar-refractivity contribution is 6.08. The minimum atomic E-state index is -1.88. The molecule has 0 spiro atoms. The first-order valence-corrected chi connectivity index (χ1v) is 9.99. The standard InChI is InChI=1S/C23H22O7/c1-22(2)18-17-12(29-21(18)22)6-5-10-19(17)30-16-9-28-13-8-15(27-4)14(26-3)7-11(13)23(16,25)20(10)24/h5-8,16,18,21,25H,9H2,1-4H3/t16-,18+,21-,23-/m0/s1. The van der Waals surface area contributed by atoms with Crippen molar-refractivity contribution in [3.63, 3.8) is 0 Å². The van der Waals surface area contributed by atoms with Crippen molar-refractivity contribution in [1.29, 1.82) is 0 Å². The maximum absolute atomic E-state index is 13.7. The van der Waals surface area contributed by atoms with Crippen molar-refractivity contribution in [1.82, 2.24) is 0 Å². The molecule has 156 valence electrons. The van der Waals surface area contributed by atoms with Gasteiger partial charge in [0, 0.05) is 28.5 Å². The Morgan fingerprint density at radius 1 is 1.07 bits per heavy atom. The van der Waals surface area contributed by atoms with E-state index >= 15 is 0 Å². The Morgan fingerprint density at radius 3 is 2.53 bits per heavy atom. The van der Waals surface area contributed by atoms with Gasteiger partial charge < -0.3 is 28.8 Å². The molecule has 0 unspecified atom stereocenters. The van der Waals surface area contributed by atoms with Crippen LogP contribution in [0.5, 0.6) is 28.7 Å². The number of methoxy groups -OCH3 is 2. The quantitative estimate of drug-likeness (QED) is 0.815. The van der Waals surface area contributed by atoms with Gasteiger partial charge in [0.15, 0.2) is 23.2 Å². The number of carbonyl (C=O) groups excluding carboxylic acids is 1. The van der Waals surface area contributed by atoms with Crippen molar-refractivity contribution in [3.05, 3.63) is 41.0 Å². The minimum absolute atomic E-state index is 0.00185. The zero-order valence-electron chi connectivity index (χ0n) is 17.1. The van der Waals surface area contributed by atoms with Crippen LogP contribution in [-0.4, -0.2) is 43.9 Å². The normalized spacial score (nSPS) is 31.0. The number of ketones is 1. The molecule has 6 rings (SSSR count). The van der Waals surface area contributed by atoms with Gasteiger partial charge in [0.25, 0.3) is 0 Å². The Bertz CT molecular complexity index is 1120. The van der Waals surface area contributed by atoms with Crippen LogP contribution in [0.25, 0.3) is 0 Å². The average Bonchev–Trinajstić information content (AvgIpc) is 3.08. The molecule has 0 saturated heterocycles. The van der Waals surface area contributed by atoms with Crippen LogP contribution >= 0.6 is 0 Å². The fourth-order valence-electron chi connectivity index (χ4n) is 5.23. The zero-order chi connectivity index (χ0) is 21.0. The number of hydrogen-bond donors (Lipinski definition) is 1. The van der Waals surface area contributed by atoms with Gasteiger partial charge in [-0.05, 0) is 18.2 Å². The number of ether oxygens (including phenoxy) is 5. The second kappa shape index (κ2) is 5.40. The van der Waals surface area contributed by atoms with Crippen molar-refractivity contribution >= 4 is 5.78 Å². The molecule has 3 aliphatic heterocycles. The molecule has 0 bridgehead atoms. The summed E-state index contributed by atoms with van der Waals surface area (Å²) in [6.07, 6.45) is -0.783. The summed E-state index contributed by atoms with van der Waals surface area (Å²) in [7, 11) is 3.02. The number of rotatable bonds is 2. The Hall–Kier alpha value is -2.93. The Balaban J connectivity index is 1.51. The lowest BCUT2D eigenvalue weighted by molar-refractivity contribution is -0.0803. The summed E-state index contributed by atoms with van der Waals surface area (Å²) in [5.41, 5.74) is -0.278. The van der Waals surface area contributed by atoms with Gasteiger partial charge in [-0.25, -0.2) is 0 Å². The van der Waals surface area contributed by atoms with E-state index in [0.29, 0.717) is 34.1 Å². The molecule has 0 aromatic heterocycles. The molecular weight excluding hydrogens is 388 g/mol. The number of benzene rings is 2. The summed E-state index contributed by atoms with van der Waals surface area (Å²) in [6, 6.07) is 6.69. The van der Waals surface area contributed by atoms with Crippen LogP contribution in [0.4, 0.5) is 0 Å². The minimum Gasteiger partial charge on any atom is -0.493 e. The van der Waals surface area contributed by atoms with Crippen molar-refractivity contribution in [2.24, 2.45) is 5.41 Å². The number of carbonyl (C=O) groups is 1. The largest absolute Gasteiger partial charge is 0.493 e. The summed E-state index contributed by atoms with van der Waals surface area (Å²) in [4.78, 5) is 13.7. The van der Waals surface area contributed by atoms with Crippen molar-refractivity contribution < 1.29 is 33.6 Å². The van der Waals surface area contributed by atoms with E-state index in [0.717, 1.165) is 11.3 Å². The van der Waals surface area contributed by atoms with Gasteiger partial charge in [0.1, 0.15) is 30.0 Å². The summed E-state index contributed by atoms with van der Waals surface area (Å²) >= 11 is 0. The first-order chi connectivity index (χ1) is 14.3. The van der Waals surface area contributed by atoms with Crippen LogP contribution in [0.2, 0.25) is 0 Å². The summed E-state index contributed by atoms with van der Waals surface area (Å²) in [5, 5.41) is 11.7. The molecule has 7 heteroatoms. The van der Waals surface area contributed by atoms with Gasteiger partial charge in [-0.15, -0.1) is 0 Å². The molecule has 2 aromatic rings. The Kier molecular flexibility index (Phi) is 3.22. The van der Waals surface area contributed by atoms with E-state index in [1.165, 1.54) is 14.2 Å². The van der Waals surface area contributed by atoms with Crippen LogP contribution in [0.1, 0.15) is 41.3 Å². The molecule has 1 N–H and O–H groups in total. The number of aliphatic hydroxyl groups is 1. The highest BCUT2D eigenvalue weighted by Gasteiger charge is 2.67. The van der Waals surface area contributed by atoms with Gasteiger partial charge in [-0.3, -0.25) is 4.79 Å². The van der Waals surface area contributed by atoms with Gasteiger partial charge in [0.2, 0.25) is 5.78 Å². The van der Waals surface area contributed by atoms with Crippen molar-refractivity contribution in [2.45, 2.75) is 37.6 Å². The second-order valence-corrected chi connectivity index (χ2v) is 8.91. The number of hydrogen-bond acceptors (Lipinski definition) is 7. The van der Waals surface area contributed by atoms with Crippen molar-refractivity contribution in [2.75, 3.05) is 20.8 Å². The molecule has 3 heterocycles.